The van der Waals surface area contributed by atoms with E-state index >= 15 is 0 Å². The first-order chi connectivity index (χ1) is 16.3. The molecule has 1 aromatic carbocycles. The molecule has 34 heavy (non-hydrogen) atoms. The molecule has 4 heterocycles. The Balaban J connectivity index is 1.27. The fraction of sp³-hybridized carbons (Fsp3) is 0.320. The number of carbonyl (C=O) groups excluding carboxylic acids is 1. The van der Waals surface area contributed by atoms with Crippen LogP contribution in [0.5, 0.6) is 11.6 Å². The van der Waals surface area contributed by atoms with E-state index in [1.807, 2.05) is 30.3 Å². The predicted octanol–water partition coefficient (Wildman–Crippen LogP) is 4.45. The monoisotopic (exact) mass is 467 g/mol. The van der Waals surface area contributed by atoms with E-state index in [-0.39, 0.29) is 17.9 Å². The molecule has 2 aromatic heterocycles. The van der Waals surface area contributed by atoms with Gasteiger partial charge in [-0.15, -0.1) is 0 Å². The van der Waals surface area contributed by atoms with Crippen LogP contribution >= 0.6 is 0 Å². The lowest BCUT2D eigenvalue weighted by Gasteiger charge is -2.17. The maximum absolute atomic E-state index is 13.1. The van der Waals surface area contributed by atoms with Crippen molar-refractivity contribution in [3.8, 4) is 11.6 Å². The van der Waals surface area contributed by atoms with Gasteiger partial charge in [-0.2, -0.15) is 0 Å². The Morgan fingerprint density at radius 2 is 2.00 bits per heavy atom. The number of pyridine rings is 2. The van der Waals surface area contributed by atoms with Gasteiger partial charge in [-0.1, -0.05) is 18.2 Å². The molecule has 1 amide bonds. The van der Waals surface area contributed by atoms with Gasteiger partial charge in [0.1, 0.15) is 5.75 Å². The number of aryl methyl sites for hydroxylation is 1. The van der Waals surface area contributed by atoms with Crippen LogP contribution in [0.4, 0.5) is 8.78 Å². The van der Waals surface area contributed by atoms with Gasteiger partial charge in [-0.25, -0.2) is 13.8 Å². The maximum Gasteiger partial charge on any atom is 0.278 e. The van der Waals surface area contributed by atoms with Crippen molar-refractivity contribution in [1.29, 1.82) is 0 Å². The summed E-state index contributed by atoms with van der Waals surface area (Å²) in [7, 11) is 0. The number of carbonyl (C=O) groups is 1. The van der Waals surface area contributed by atoms with Gasteiger partial charge < -0.3 is 19.1 Å². The number of alkyl halides is 2. The highest BCUT2D eigenvalue weighted by molar-refractivity contribution is 5.98. The summed E-state index contributed by atoms with van der Waals surface area (Å²) in [5.74, 6) is -2.19. The summed E-state index contributed by atoms with van der Waals surface area (Å²) >= 11 is 0. The van der Waals surface area contributed by atoms with Crippen LogP contribution in [0.3, 0.4) is 0 Å². The van der Waals surface area contributed by atoms with Gasteiger partial charge in [0.05, 0.1) is 5.69 Å². The third kappa shape index (κ3) is 4.70. The van der Waals surface area contributed by atoms with Crippen LogP contribution in [0.25, 0.3) is 0 Å². The summed E-state index contributed by atoms with van der Waals surface area (Å²) in [6.45, 7) is 2.49. The first kappa shape index (κ1) is 22.2. The van der Waals surface area contributed by atoms with Crippen molar-refractivity contribution in [3.63, 3.8) is 0 Å². The first-order valence-corrected chi connectivity index (χ1v) is 10.9. The summed E-state index contributed by atoms with van der Waals surface area (Å²) < 4.78 is 42.8. The number of para-hydroxylation sites is 1. The maximum atomic E-state index is 13.1. The van der Waals surface area contributed by atoms with Crippen LogP contribution in [0.2, 0.25) is 0 Å². The Hall–Kier alpha value is -3.59. The molecule has 2 atom stereocenters. The third-order valence-corrected chi connectivity index (χ3v) is 5.59. The van der Waals surface area contributed by atoms with E-state index in [0.29, 0.717) is 35.7 Å². The number of rotatable bonds is 8. The van der Waals surface area contributed by atoms with E-state index in [9.17, 15) is 13.6 Å². The van der Waals surface area contributed by atoms with Crippen molar-refractivity contribution in [2.45, 2.75) is 45.3 Å². The number of fused-ring (bicyclic) bond motifs is 1. The van der Waals surface area contributed by atoms with Gasteiger partial charge in [0.15, 0.2) is 12.7 Å². The smallest absolute Gasteiger partial charge is 0.278 e. The average molecular weight is 467 g/mol. The van der Waals surface area contributed by atoms with E-state index < -0.39 is 18.8 Å². The number of benzene rings is 1. The molecule has 7 nitrogen and oxygen atoms in total. The van der Waals surface area contributed by atoms with Crippen molar-refractivity contribution in [1.82, 2.24) is 14.9 Å². The lowest BCUT2D eigenvalue weighted by atomic mass is 10.1. The molecule has 0 radical (unpaired) electrons. The van der Waals surface area contributed by atoms with E-state index in [4.69, 9.17) is 14.2 Å². The van der Waals surface area contributed by atoms with E-state index in [2.05, 4.69) is 9.97 Å². The molecule has 0 N–H and O–H groups in total. The Morgan fingerprint density at radius 1 is 1.21 bits per heavy atom. The zero-order valence-corrected chi connectivity index (χ0v) is 18.7. The summed E-state index contributed by atoms with van der Waals surface area (Å²) in [5, 5.41) is 0. The van der Waals surface area contributed by atoms with Crippen LogP contribution in [-0.2, 0) is 17.8 Å². The molecular weight excluding hydrogens is 444 g/mol. The molecule has 1 saturated heterocycles. The minimum Gasteiger partial charge on any atom is -0.471 e. The van der Waals surface area contributed by atoms with Crippen molar-refractivity contribution < 1.29 is 27.8 Å². The van der Waals surface area contributed by atoms with Gasteiger partial charge in [0.25, 0.3) is 11.8 Å². The lowest BCUT2D eigenvalue weighted by Crippen LogP contribution is -2.24. The van der Waals surface area contributed by atoms with Crippen LogP contribution < -0.4 is 9.47 Å². The van der Waals surface area contributed by atoms with Crippen LogP contribution in [0.1, 0.15) is 45.8 Å². The number of hydrogen-bond donors (Lipinski definition) is 0. The molecule has 1 fully saturated rings. The molecule has 5 rings (SSSR count). The molecule has 0 aliphatic carbocycles. The molecule has 9 heteroatoms. The van der Waals surface area contributed by atoms with E-state index in [1.165, 1.54) is 0 Å². The zero-order valence-electron chi connectivity index (χ0n) is 18.7. The highest BCUT2D eigenvalue weighted by Gasteiger charge is 2.47. The molecular formula is C25H23F2N3O4. The van der Waals surface area contributed by atoms with Gasteiger partial charge in [0.2, 0.25) is 12.2 Å². The zero-order chi connectivity index (χ0) is 23.9. The standard InChI is InChI=1S/C25H23F2N3O4/c1-15-10-16(11-29-22(15)32-14-25(2,26)27)12-30-13-19-18(23(30)31)8-9-28-20(19)21-24(34-21)33-17-6-4-3-5-7-17/h3-11,21,24H,12-14H2,1-2H3. The lowest BCUT2D eigenvalue weighted by molar-refractivity contribution is -0.0244. The molecule has 176 valence electrons. The first-order valence-electron chi connectivity index (χ1n) is 10.9. The number of nitrogens with zero attached hydrogens (tertiary/aromatic N) is 3. The molecule has 2 aliphatic rings. The normalized spacial score (nSPS) is 19.2. The summed E-state index contributed by atoms with van der Waals surface area (Å²) in [5.41, 5.74) is 3.52. The largest absolute Gasteiger partial charge is 0.471 e. The molecule has 2 unspecified atom stereocenters. The van der Waals surface area contributed by atoms with Gasteiger partial charge in [-0.3, -0.25) is 9.78 Å². The molecule has 0 bridgehead atoms. The van der Waals surface area contributed by atoms with Crippen molar-refractivity contribution >= 4 is 5.91 Å². The second-order valence-corrected chi connectivity index (χ2v) is 8.56. The van der Waals surface area contributed by atoms with E-state index in [1.54, 1.807) is 36.4 Å². The number of amides is 1. The Labute approximate surface area is 195 Å². The third-order valence-electron chi connectivity index (χ3n) is 5.59. The highest BCUT2D eigenvalue weighted by Crippen LogP contribution is 2.42. The Kier molecular flexibility index (Phi) is 5.65. The minimum atomic E-state index is -2.94. The van der Waals surface area contributed by atoms with Gasteiger partial charge >= 0.3 is 0 Å². The van der Waals surface area contributed by atoms with Crippen molar-refractivity contribution in [2.75, 3.05) is 6.61 Å². The Morgan fingerprint density at radius 3 is 2.74 bits per heavy atom. The van der Waals surface area contributed by atoms with Crippen molar-refractivity contribution in [2.24, 2.45) is 0 Å². The van der Waals surface area contributed by atoms with E-state index in [0.717, 1.165) is 18.1 Å². The number of hydrogen-bond acceptors (Lipinski definition) is 6. The summed E-state index contributed by atoms with van der Waals surface area (Å²) in [6.07, 6.45) is 2.37. The van der Waals surface area contributed by atoms with Crippen LogP contribution in [0, 0.1) is 6.92 Å². The molecule has 3 aromatic rings. The van der Waals surface area contributed by atoms with Gasteiger partial charge in [0, 0.05) is 49.1 Å². The second kappa shape index (κ2) is 8.64. The summed E-state index contributed by atoms with van der Waals surface area (Å²) in [4.78, 5) is 23.4. The predicted molar refractivity (Wildman–Crippen MR) is 118 cm³/mol. The fourth-order valence-electron chi connectivity index (χ4n) is 3.97. The fourth-order valence-corrected chi connectivity index (χ4v) is 3.97. The Bertz CT molecular complexity index is 1220. The topological polar surface area (TPSA) is 77.1 Å². The van der Waals surface area contributed by atoms with Crippen LogP contribution in [0.15, 0.2) is 54.9 Å². The minimum absolute atomic E-state index is 0.108. The number of epoxide rings is 1. The van der Waals surface area contributed by atoms with Crippen molar-refractivity contribution in [3.05, 3.63) is 82.8 Å². The summed E-state index contributed by atoms with van der Waals surface area (Å²) in [6, 6.07) is 12.9. The number of halogens is 2. The average Bonchev–Trinajstić information content (AvgIpc) is 3.49. The number of aromatic nitrogens is 2. The molecule has 0 spiro atoms. The highest BCUT2D eigenvalue weighted by atomic mass is 19.3. The second-order valence-electron chi connectivity index (χ2n) is 8.56. The molecule has 0 saturated carbocycles. The van der Waals surface area contributed by atoms with Crippen LogP contribution in [-0.4, -0.2) is 39.6 Å². The molecule has 2 aliphatic heterocycles. The SMILES string of the molecule is Cc1cc(CN2Cc3c(ccnc3C3OC3Oc3ccccc3)C2=O)cnc1OCC(C)(F)F. The number of ether oxygens (including phenoxy) is 3. The van der Waals surface area contributed by atoms with Gasteiger partial charge in [-0.05, 0) is 36.8 Å². The quantitative estimate of drug-likeness (QED) is 0.456.